The van der Waals surface area contributed by atoms with Crippen molar-refractivity contribution in [1.29, 1.82) is 0 Å². The summed E-state index contributed by atoms with van der Waals surface area (Å²) in [7, 11) is -3.80. The van der Waals surface area contributed by atoms with Crippen LogP contribution in [0.25, 0.3) is 10.9 Å². The van der Waals surface area contributed by atoms with Gasteiger partial charge in [0.05, 0.1) is 10.4 Å². The molecule has 0 bridgehead atoms. The predicted molar refractivity (Wildman–Crippen MR) is 79.4 cm³/mol. The average Bonchev–Trinajstić information content (AvgIpc) is 2.77. The molecule has 0 N–H and O–H groups in total. The van der Waals surface area contributed by atoms with E-state index < -0.39 is 10.0 Å². The Morgan fingerprint density at radius 2 is 2.05 bits per heavy atom. The van der Waals surface area contributed by atoms with Crippen molar-refractivity contribution in [2.24, 2.45) is 5.92 Å². The molecule has 7 heteroatoms. The molecule has 3 rings (SSSR count). The third-order valence-electron chi connectivity index (χ3n) is 3.49. The van der Waals surface area contributed by atoms with E-state index in [0.717, 1.165) is 4.31 Å². The lowest BCUT2D eigenvalue weighted by molar-refractivity contribution is -0.123. The van der Waals surface area contributed by atoms with Gasteiger partial charge < -0.3 is 0 Å². The summed E-state index contributed by atoms with van der Waals surface area (Å²) in [5, 5.41) is 1.02. The smallest absolute Gasteiger partial charge is 0.266 e. The van der Waals surface area contributed by atoms with Crippen LogP contribution < -0.4 is 0 Å². The lowest BCUT2D eigenvalue weighted by Gasteiger charge is -2.16. The number of carbonyl (C=O) groups excluding carboxylic acids is 1. The number of halogens is 1. The second kappa shape index (κ2) is 4.96. The molecule has 21 heavy (non-hydrogen) atoms. The fourth-order valence-electron chi connectivity index (χ4n) is 2.45. The van der Waals surface area contributed by atoms with Crippen LogP contribution in [0.2, 0.25) is 5.15 Å². The molecule has 1 unspecified atom stereocenters. The SMILES string of the molecule is CC1CC(=O)N(S(=O)(=O)c2ccc3nc(Cl)ccc3c2)C1. The predicted octanol–water partition coefficient (Wildman–Crippen LogP) is 2.45. The lowest BCUT2D eigenvalue weighted by atomic mass is 10.2. The van der Waals surface area contributed by atoms with Crippen molar-refractivity contribution in [2.75, 3.05) is 6.54 Å². The molecule has 1 amide bonds. The summed E-state index contributed by atoms with van der Waals surface area (Å²) in [6.45, 7) is 2.10. The minimum absolute atomic E-state index is 0.0493. The number of hydrogen-bond donors (Lipinski definition) is 0. The number of nitrogens with zero attached hydrogens (tertiary/aromatic N) is 2. The van der Waals surface area contributed by atoms with Crippen LogP contribution in [-0.4, -0.2) is 30.2 Å². The Balaban J connectivity index is 2.07. The number of fused-ring (bicyclic) bond motifs is 1. The minimum Gasteiger partial charge on any atom is -0.274 e. The van der Waals surface area contributed by atoms with Crippen molar-refractivity contribution in [3.05, 3.63) is 35.5 Å². The molecule has 1 saturated heterocycles. The Morgan fingerprint density at radius 1 is 1.29 bits per heavy atom. The van der Waals surface area contributed by atoms with Crippen molar-refractivity contribution in [3.63, 3.8) is 0 Å². The molecule has 0 spiro atoms. The normalized spacial score (nSPS) is 19.4. The van der Waals surface area contributed by atoms with Crippen molar-refractivity contribution in [3.8, 4) is 0 Å². The van der Waals surface area contributed by atoms with Gasteiger partial charge in [-0.3, -0.25) is 4.79 Å². The summed E-state index contributed by atoms with van der Waals surface area (Å²) in [5.74, 6) is -0.301. The molecule has 0 aliphatic carbocycles. The molecule has 2 aromatic rings. The van der Waals surface area contributed by atoms with Crippen LogP contribution >= 0.6 is 11.6 Å². The van der Waals surface area contributed by atoms with Crippen LogP contribution in [0.15, 0.2) is 35.2 Å². The standard InChI is InChI=1S/C14H13ClN2O3S/c1-9-6-14(18)17(8-9)21(19,20)11-3-4-12-10(7-11)2-5-13(15)16-12/h2-5,7,9H,6,8H2,1H3. The minimum atomic E-state index is -3.80. The number of benzene rings is 1. The zero-order chi connectivity index (χ0) is 15.2. The average molecular weight is 325 g/mol. The Bertz CT molecular complexity index is 835. The van der Waals surface area contributed by atoms with Gasteiger partial charge in [-0.05, 0) is 36.2 Å². The summed E-state index contributed by atoms with van der Waals surface area (Å²) in [5.41, 5.74) is 0.613. The fourth-order valence-corrected chi connectivity index (χ4v) is 4.17. The van der Waals surface area contributed by atoms with Crippen LogP contribution in [0.1, 0.15) is 13.3 Å². The van der Waals surface area contributed by atoms with Crippen molar-refractivity contribution >= 4 is 38.4 Å². The molecular weight excluding hydrogens is 312 g/mol. The van der Waals surface area contributed by atoms with Gasteiger partial charge in [0.25, 0.3) is 10.0 Å². The van der Waals surface area contributed by atoms with Gasteiger partial charge in [-0.1, -0.05) is 18.5 Å². The maximum absolute atomic E-state index is 12.6. The van der Waals surface area contributed by atoms with Crippen LogP contribution in [0.4, 0.5) is 0 Å². The van der Waals surface area contributed by atoms with Gasteiger partial charge in [0.2, 0.25) is 5.91 Å². The molecule has 1 aliphatic heterocycles. The summed E-state index contributed by atoms with van der Waals surface area (Å²) >= 11 is 5.80. The zero-order valence-corrected chi connectivity index (χ0v) is 12.9. The van der Waals surface area contributed by atoms with Crippen LogP contribution in [0.3, 0.4) is 0 Å². The van der Waals surface area contributed by atoms with Gasteiger partial charge in [0.15, 0.2) is 0 Å². The quantitative estimate of drug-likeness (QED) is 0.796. The Hall–Kier alpha value is -1.66. The number of pyridine rings is 1. The number of amides is 1. The molecular formula is C14H13ClN2O3S. The first-order valence-electron chi connectivity index (χ1n) is 6.50. The Kier molecular flexibility index (Phi) is 3.37. The number of rotatable bonds is 2. The van der Waals surface area contributed by atoms with Crippen LogP contribution in [0.5, 0.6) is 0 Å². The number of sulfonamides is 1. The molecule has 110 valence electrons. The molecule has 0 saturated carbocycles. The number of hydrogen-bond acceptors (Lipinski definition) is 4. The first-order chi connectivity index (χ1) is 9.88. The van der Waals surface area contributed by atoms with E-state index in [1.807, 2.05) is 6.92 Å². The fraction of sp³-hybridized carbons (Fsp3) is 0.286. The number of carbonyl (C=O) groups is 1. The van der Waals surface area contributed by atoms with Gasteiger partial charge >= 0.3 is 0 Å². The highest BCUT2D eigenvalue weighted by atomic mass is 35.5. The molecule has 5 nitrogen and oxygen atoms in total. The third kappa shape index (κ3) is 2.49. The molecule has 1 aromatic carbocycles. The first-order valence-corrected chi connectivity index (χ1v) is 8.31. The van der Waals surface area contributed by atoms with Gasteiger partial charge in [0.1, 0.15) is 5.15 Å². The highest BCUT2D eigenvalue weighted by Gasteiger charge is 2.36. The van der Waals surface area contributed by atoms with Crippen LogP contribution in [0, 0.1) is 5.92 Å². The van der Waals surface area contributed by atoms with Crippen molar-refractivity contribution < 1.29 is 13.2 Å². The molecule has 1 aliphatic rings. The van der Waals surface area contributed by atoms with Gasteiger partial charge in [-0.25, -0.2) is 17.7 Å². The van der Waals surface area contributed by atoms with E-state index in [0.29, 0.717) is 16.1 Å². The van der Waals surface area contributed by atoms with Crippen molar-refractivity contribution in [2.45, 2.75) is 18.2 Å². The third-order valence-corrected chi connectivity index (χ3v) is 5.49. The van der Waals surface area contributed by atoms with Gasteiger partial charge in [0, 0.05) is 18.4 Å². The topological polar surface area (TPSA) is 67.3 Å². The van der Waals surface area contributed by atoms with E-state index in [-0.39, 0.29) is 29.7 Å². The van der Waals surface area contributed by atoms with E-state index in [9.17, 15) is 13.2 Å². The summed E-state index contributed by atoms with van der Waals surface area (Å²) in [4.78, 5) is 16.0. The lowest BCUT2D eigenvalue weighted by Crippen LogP contribution is -2.32. The number of aromatic nitrogens is 1. The molecule has 1 aromatic heterocycles. The maximum Gasteiger partial charge on any atom is 0.266 e. The molecule has 2 heterocycles. The molecule has 1 fully saturated rings. The highest BCUT2D eigenvalue weighted by molar-refractivity contribution is 7.89. The maximum atomic E-state index is 12.6. The second-order valence-corrected chi connectivity index (χ2v) is 7.48. The molecule has 1 atom stereocenters. The van der Waals surface area contributed by atoms with Gasteiger partial charge in [-0.2, -0.15) is 0 Å². The van der Waals surface area contributed by atoms with E-state index >= 15 is 0 Å². The van der Waals surface area contributed by atoms with E-state index in [1.165, 1.54) is 12.1 Å². The highest BCUT2D eigenvalue weighted by Crippen LogP contribution is 2.27. The van der Waals surface area contributed by atoms with E-state index in [1.54, 1.807) is 18.2 Å². The first kappa shape index (κ1) is 14.3. The summed E-state index contributed by atoms with van der Waals surface area (Å²) < 4.78 is 26.1. The summed E-state index contributed by atoms with van der Waals surface area (Å²) in [6.07, 6.45) is 0.268. The van der Waals surface area contributed by atoms with Crippen LogP contribution in [-0.2, 0) is 14.8 Å². The molecule has 0 radical (unpaired) electrons. The van der Waals surface area contributed by atoms with E-state index in [2.05, 4.69) is 4.98 Å². The monoisotopic (exact) mass is 324 g/mol. The van der Waals surface area contributed by atoms with Gasteiger partial charge in [-0.15, -0.1) is 0 Å². The Labute approximate surface area is 127 Å². The zero-order valence-electron chi connectivity index (χ0n) is 11.3. The van der Waals surface area contributed by atoms with Crippen molar-refractivity contribution in [1.82, 2.24) is 9.29 Å². The van der Waals surface area contributed by atoms with E-state index in [4.69, 9.17) is 11.6 Å². The Morgan fingerprint density at radius 3 is 2.71 bits per heavy atom. The summed E-state index contributed by atoms with van der Waals surface area (Å²) in [6, 6.07) is 7.88. The largest absolute Gasteiger partial charge is 0.274 e. The second-order valence-electron chi connectivity index (χ2n) is 5.23.